The summed E-state index contributed by atoms with van der Waals surface area (Å²) in [6.07, 6.45) is 0.647. The molecule has 4 heteroatoms. The molecule has 1 atom stereocenters. The fourth-order valence-corrected chi connectivity index (χ4v) is 9.78. The number of benzene rings is 9. The minimum absolute atomic E-state index is 0.201. The summed E-state index contributed by atoms with van der Waals surface area (Å²) >= 11 is 0. The van der Waals surface area contributed by atoms with E-state index in [4.69, 9.17) is 4.99 Å². The zero-order valence-electron chi connectivity index (χ0n) is 33.2. The molecule has 0 aliphatic carbocycles. The number of rotatable bonds is 6. The molecule has 11 aromatic rings. The van der Waals surface area contributed by atoms with Gasteiger partial charge in [-0.2, -0.15) is 0 Å². The molecule has 0 saturated heterocycles. The van der Waals surface area contributed by atoms with Crippen molar-refractivity contribution in [3.63, 3.8) is 0 Å². The van der Waals surface area contributed by atoms with E-state index in [9.17, 15) is 0 Å². The van der Waals surface area contributed by atoms with Gasteiger partial charge in [0.25, 0.3) is 0 Å². The minimum Gasteiger partial charge on any atom is -0.359 e. The maximum atomic E-state index is 5.45. The van der Waals surface area contributed by atoms with E-state index >= 15 is 0 Å². The van der Waals surface area contributed by atoms with E-state index in [0.717, 1.165) is 40.3 Å². The second-order valence-electron chi connectivity index (χ2n) is 15.8. The van der Waals surface area contributed by atoms with E-state index in [0.29, 0.717) is 0 Å². The van der Waals surface area contributed by atoms with Crippen molar-refractivity contribution in [1.82, 2.24) is 14.5 Å². The van der Waals surface area contributed by atoms with Gasteiger partial charge in [0.15, 0.2) is 0 Å². The van der Waals surface area contributed by atoms with E-state index in [2.05, 4.69) is 222 Å². The lowest BCUT2D eigenvalue weighted by atomic mass is 9.91. The van der Waals surface area contributed by atoms with Crippen molar-refractivity contribution < 1.29 is 0 Å². The Morgan fingerprint density at radius 3 is 1.95 bits per heavy atom. The Hall–Kier alpha value is -7.69. The number of para-hydroxylation sites is 2. The summed E-state index contributed by atoms with van der Waals surface area (Å²) in [5.74, 6) is 0. The van der Waals surface area contributed by atoms with Crippen molar-refractivity contribution in [3.8, 4) is 11.4 Å². The van der Waals surface area contributed by atoms with Gasteiger partial charge >= 0.3 is 0 Å². The van der Waals surface area contributed by atoms with Crippen LogP contribution in [0.25, 0.3) is 82.2 Å². The van der Waals surface area contributed by atoms with Gasteiger partial charge in [-0.3, -0.25) is 4.99 Å². The largest absolute Gasteiger partial charge is 0.359 e. The monoisotopic (exact) mass is 768 g/mol. The maximum absolute atomic E-state index is 5.45. The molecule has 0 amide bonds. The first kappa shape index (κ1) is 34.4. The summed E-state index contributed by atoms with van der Waals surface area (Å²) in [6.45, 7) is 2.23. The Kier molecular flexibility index (Phi) is 7.85. The summed E-state index contributed by atoms with van der Waals surface area (Å²) in [5.41, 5.74) is 13.9. The van der Waals surface area contributed by atoms with E-state index < -0.39 is 0 Å². The number of allylic oxidation sites excluding steroid dienone is 1. The molecule has 3 heterocycles. The third-order valence-corrected chi connectivity index (χ3v) is 12.5. The Bertz CT molecular complexity index is 3540. The summed E-state index contributed by atoms with van der Waals surface area (Å²) in [5, 5.41) is 13.7. The van der Waals surface area contributed by atoms with Crippen LogP contribution in [0.3, 0.4) is 0 Å². The van der Waals surface area contributed by atoms with Crippen LogP contribution in [0.4, 0.5) is 0 Å². The average molecular weight is 769 g/mol. The van der Waals surface area contributed by atoms with Crippen LogP contribution in [0.5, 0.6) is 0 Å². The molecule has 0 radical (unpaired) electrons. The Morgan fingerprint density at radius 2 is 1.13 bits per heavy atom. The van der Waals surface area contributed by atoms with Crippen molar-refractivity contribution in [2.75, 3.05) is 0 Å². The highest BCUT2D eigenvalue weighted by Gasteiger charge is 2.26. The quantitative estimate of drug-likeness (QED) is 0.180. The van der Waals surface area contributed by atoms with Gasteiger partial charge in [-0.1, -0.05) is 165 Å². The SMILES string of the molecule is CCC1=C(c2ccccc2)NC(c2ccccc2)N=C1c1ccc2c(-n3c4ccccc4c4cc5c6ccc7ccccc7c6n(-c6ccccc6)c5cc43)cccc2c1. The van der Waals surface area contributed by atoms with Gasteiger partial charge in [0.05, 0.1) is 33.5 Å². The van der Waals surface area contributed by atoms with E-state index in [1.807, 2.05) is 0 Å². The number of nitrogens with zero attached hydrogens (tertiary/aromatic N) is 3. The van der Waals surface area contributed by atoms with Crippen LogP contribution in [0.1, 0.15) is 36.2 Å². The zero-order chi connectivity index (χ0) is 39.7. The average Bonchev–Trinajstić information content (AvgIpc) is 3.83. The van der Waals surface area contributed by atoms with Crippen LogP contribution < -0.4 is 5.32 Å². The third kappa shape index (κ3) is 5.27. The second-order valence-corrected chi connectivity index (χ2v) is 15.8. The molecule has 12 rings (SSSR count). The van der Waals surface area contributed by atoms with Gasteiger partial charge in [-0.05, 0) is 70.8 Å². The lowest BCUT2D eigenvalue weighted by Gasteiger charge is -2.29. The van der Waals surface area contributed by atoms with E-state index in [-0.39, 0.29) is 6.17 Å². The van der Waals surface area contributed by atoms with Gasteiger partial charge in [0.1, 0.15) is 6.17 Å². The van der Waals surface area contributed by atoms with Crippen molar-refractivity contribution in [2.45, 2.75) is 19.5 Å². The molecule has 60 heavy (non-hydrogen) atoms. The van der Waals surface area contributed by atoms with Crippen LogP contribution in [0.2, 0.25) is 0 Å². The lowest BCUT2D eigenvalue weighted by molar-refractivity contribution is 0.657. The normalized spacial score (nSPS) is 14.5. The first-order valence-electron chi connectivity index (χ1n) is 20.9. The smallest absolute Gasteiger partial charge is 0.145 e. The van der Waals surface area contributed by atoms with Crippen LogP contribution in [-0.4, -0.2) is 14.8 Å². The van der Waals surface area contributed by atoms with Crippen molar-refractivity contribution in [3.05, 3.63) is 222 Å². The van der Waals surface area contributed by atoms with Gasteiger partial charge in [-0.15, -0.1) is 0 Å². The first-order valence-corrected chi connectivity index (χ1v) is 20.9. The molecule has 1 unspecified atom stereocenters. The van der Waals surface area contributed by atoms with Gasteiger partial charge < -0.3 is 14.5 Å². The highest BCUT2D eigenvalue weighted by atomic mass is 15.1. The summed E-state index contributed by atoms with van der Waals surface area (Å²) in [4.78, 5) is 5.45. The Balaban J connectivity index is 1.09. The van der Waals surface area contributed by atoms with Crippen LogP contribution in [0.15, 0.2) is 211 Å². The lowest BCUT2D eigenvalue weighted by Crippen LogP contribution is -2.28. The summed E-state index contributed by atoms with van der Waals surface area (Å²) < 4.78 is 4.95. The molecule has 0 spiro atoms. The van der Waals surface area contributed by atoms with Crippen molar-refractivity contribution in [2.24, 2.45) is 4.99 Å². The number of hydrogen-bond acceptors (Lipinski definition) is 2. The van der Waals surface area contributed by atoms with E-state index in [1.54, 1.807) is 0 Å². The van der Waals surface area contributed by atoms with Gasteiger partial charge in [-0.25, -0.2) is 0 Å². The highest BCUT2D eigenvalue weighted by molar-refractivity contribution is 6.24. The standard InChI is InChI=1S/C56H40N4/c1-2-42-53(37-18-6-3-7-19-37)57-56(38-20-8-4-9-21-38)58-54(42)40-30-31-43-39(33-40)22-16-28-49(43)60-50-27-15-14-26-45(50)47-34-48-46-32-29-36-17-12-13-25-44(36)55(46)59(51(48)35-52(47)60)41-23-10-5-11-24-41/h3-35,56-57H,2H2,1H3. The fraction of sp³-hybridized carbons (Fsp3) is 0.0536. The fourth-order valence-electron chi connectivity index (χ4n) is 9.78. The molecule has 284 valence electrons. The third-order valence-electron chi connectivity index (χ3n) is 12.5. The summed E-state index contributed by atoms with van der Waals surface area (Å²) in [6, 6.07) is 72.8. The van der Waals surface area contributed by atoms with E-state index in [1.165, 1.54) is 76.3 Å². The topological polar surface area (TPSA) is 34.2 Å². The molecular formula is C56H40N4. The molecule has 1 N–H and O–H groups in total. The highest BCUT2D eigenvalue weighted by Crippen LogP contribution is 2.43. The number of nitrogens with one attached hydrogen (secondary N) is 1. The molecular weight excluding hydrogens is 729 g/mol. The molecule has 0 bridgehead atoms. The van der Waals surface area contributed by atoms with Crippen molar-refractivity contribution >= 4 is 76.6 Å². The zero-order valence-corrected chi connectivity index (χ0v) is 33.2. The number of fused-ring (bicyclic) bond motifs is 9. The van der Waals surface area contributed by atoms with Gasteiger partial charge in [0, 0.05) is 54.8 Å². The number of aliphatic imine (C=N–C) groups is 1. The Labute approximate surface area is 348 Å². The first-order chi connectivity index (χ1) is 29.7. The molecule has 4 nitrogen and oxygen atoms in total. The molecule has 9 aromatic carbocycles. The number of hydrogen-bond donors (Lipinski definition) is 1. The molecule has 2 aromatic heterocycles. The second kappa shape index (κ2) is 13.7. The minimum atomic E-state index is -0.201. The molecule has 1 aliphatic heterocycles. The van der Waals surface area contributed by atoms with Crippen LogP contribution in [-0.2, 0) is 0 Å². The molecule has 1 aliphatic rings. The van der Waals surface area contributed by atoms with Crippen molar-refractivity contribution in [1.29, 1.82) is 0 Å². The maximum Gasteiger partial charge on any atom is 0.145 e. The van der Waals surface area contributed by atoms with Crippen LogP contribution >= 0.6 is 0 Å². The predicted octanol–water partition coefficient (Wildman–Crippen LogP) is 14.1. The van der Waals surface area contributed by atoms with Gasteiger partial charge in [0.2, 0.25) is 0 Å². The summed E-state index contributed by atoms with van der Waals surface area (Å²) in [7, 11) is 0. The molecule has 0 fully saturated rings. The Morgan fingerprint density at radius 1 is 0.467 bits per heavy atom. The number of aromatic nitrogens is 2. The molecule has 0 saturated carbocycles. The predicted molar refractivity (Wildman–Crippen MR) is 253 cm³/mol. The van der Waals surface area contributed by atoms with Crippen LogP contribution in [0, 0.1) is 0 Å².